The van der Waals surface area contributed by atoms with Crippen LogP contribution >= 0.6 is 0 Å². The molecule has 0 fully saturated rings. The molecule has 0 aliphatic rings. The number of hydrogen-bond acceptors (Lipinski definition) is 5. The topological polar surface area (TPSA) is 126 Å². The number of fused-ring (bicyclic) bond motifs is 1. The number of nitro groups is 1. The van der Waals surface area contributed by atoms with Crippen LogP contribution in [0.3, 0.4) is 0 Å². The molecule has 0 bridgehead atoms. The summed E-state index contributed by atoms with van der Waals surface area (Å²) in [5.74, 6) is -0.195. The Kier molecular flexibility index (Phi) is 6.54. The van der Waals surface area contributed by atoms with Gasteiger partial charge in [-0.15, -0.1) is 0 Å². The summed E-state index contributed by atoms with van der Waals surface area (Å²) < 4.78 is 5.30. The fraction of sp³-hybridized carbons (Fsp3) is 0.120. The van der Waals surface area contributed by atoms with Crippen LogP contribution in [0.2, 0.25) is 0 Å². The van der Waals surface area contributed by atoms with E-state index in [1.54, 1.807) is 49.5 Å². The minimum Gasteiger partial charge on any atom is -0.410 e. The first-order valence-electron chi connectivity index (χ1n) is 10.5. The maximum Gasteiger partial charge on any atom is 0.413 e. The lowest BCUT2D eigenvalue weighted by atomic mass is 10.0. The average Bonchev–Trinajstić information content (AvgIpc) is 3.23. The second-order valence-electron chi connectivity index (χ2n) is 7.71. The van der Waals surface area contributed by atoms with E-state index in [0.717, 1.165) is 16.5 Å². The lowest BCUT2D eigenvalue weighted by molar-refractivity contribution is -0.384. The third-order valence-electron chi connectivity index (χ3n) is 5.35. The molecule has 0 spiro atoms. The maximum atomic E-state index is 13.2. The fourth-order valence-electron chi connectivity index (χ4n) is 3.58. The molecule has 1 atom stereocenters. The minimum absolute atomic E-state index is 0.148. The SMILES string of the molecule is Cc1ccc([N+](=O)[O-])cc1NC(=O)[C@@H](Cc1c[nH]c2ccccc12)NC(=O)Oc1ccccc1. The van der Waals surface area contributed by atoms with Crippen molar-refractivity contribution in [2.75, 3.05) is 5.32 Å². The summed E-state index contributed by atoms with van der Waals surface area (Å²) >= 11 is 0. The number of anilines is 1. The highest BCUT2D eigenvalue weighted by Gasteiger charge is 2.25. The monoisotopic (exact) mass is 458 g/mol. The van der Waals surface area contributed by atoms with Gasteiger partial charge in [0.1, 0.15) is 11.8 Å². The van der Waals surface area contributed by atoms with Gasteiger partial charge in [-0.2, -0.15) is 0 Å². The van der Waals surface area contributed by atoms with Crippen molar-refractivity contribution in [3.63, 3.8) is 0 Å². The van der Waals surface area contributed by atoms with E-state index in [9.17, 15) is 19.7 Å². The van der Waals surface area contributed by atoms with Crippen LogP contribution in [-0.4, -0.2) is 27.9 Å². The first-order chi connectivity index (χ1) is 16.4. The van der Waals surface area contributed by atoms with Gasteiger partial charge in [0.05, 0.1) is 10.6 Å². The van der Waals surface area contributed by atoms with E-state index >= 15 is 0 Å². The molecular formula is C25H22N4O5. The third kappa shape index (κ3) is 5.21. The summed E-state index contributed by atoms with van der Waals surface area (Å²) in [5, 5.41) is 17.4. The van der Waals surface area contributed by atoms with Crippen LogP contribution in [0.25, 0.3) is 10.9 Å². The van der Waals surface area contributed by atoms with E-state index < -0.39 is 23.0 Å². The molecule has 0 aliphatic heterocycles. The summed E-state index contributed by atoms with van der Waals surface area (Å²) in [6, 6.07) is 19.3. The van der Waals surface area contributed by atoms with Gasteiger partial charge in [-0.1, -0.05) is 42.5 Å². The molecule has 4 rings (SSSR count). The molecule has 172 valence electrons. The van der Waals surface area contributed by atoms with Crippen LogP contribution in [0.4, 0.5) is 16.2 Å². The van der Waals surface area contributed by atoms with Crippen molar-refractivity contribution in [2.24, 2.45) is 0 Å². The highest BCUT2D eigenvalue weighted by Crippen LogP contribution is 2.23. The van der Waals surface area contributed by atoms with Crippen molar-refractivity contribution in [3.8, 4) is 5.75 Å². The molecule has 34 heavy (non-hydrogen) atoms. The van der Waals surface area contributed by atoms with Crippen molar-refractivity contribution >= 4 is 34.3 Å². The maximum absolute atomic E-state index is 13.2. The van der Waals surface area contributed by atoms with Gasteiger partial charge in [0.25, 0.3) is 5.69 Å². The molecule has 0 radical (unpaired) electrons. The van der Waals surface area contributed by atoms with Gasteiger partial charge in [0, 0.05) is 35.7 Å². The third-order valence-corrected chi connectivity index (χ3v) is 5.35. The number of non-ortho nitro benzene ring substituents is 1. The summed E-state index contributed by atoms with van der Waals surface area (Å²) in [7, 11) is 0. The van der Waals surface area contributed by atoms with Gasteiger partial charge in [-0.05, 0) is 36.2 Å². The molecule has 9 heteroatoms. The summed E-state index contributed by atoms with van der Waals surface area (Å²) in [6.07, 6.45) is 1.17. The van der Waals surface area contributed by atoms with Gasteiger partial charge in [0.15, 0.2) is 0 Å². The second kappa shape index (κ2) is 9.86. The Hall–Kier alpha value is -4.66. The van der Waals surface area contributed by atoms with Gasteiger partial charge in [-0.3, -0.25) is 14.9 Å². The number of carbonyl (C=O) groups is 2. The van der Waals surface area contributed by atoms with E-state index in [4.69, 9.17) is 4.74 Å². The molecule has 0 aliphatic carbocycles. The lowest BCUT2D eigenvalue weighted by Crippen LogP contribution is -2.46. The Morgan fingerprint density at radius 1 is 1.06 bits per heavy atom. The van der Waals surface area contributed by atoms with Crippen molar-refractivity contribution < 1.29 is 19.2 Å². The highest BCUT2D eigenvalue weighted by molar-refractivity contribution is 5.98. The Labute approximate surface area is 194 Å². The zero-order chi connectivity index (χ0) is 24.1. The molecule has 1 heterocycles. The average molecular weight is 458 g/mol. The number of hydrogen-bond donors (Lipinski definition) is 3. The number of rotatable bonds is 7. The number of para-hydroxylation sites is 2. The molecule has 2 amide bonds. The Morgan fingerprint density at radius 3 is 2.56 bits per heavy atom. The van der Waals surface area contributed by atoms with Crippen molar-refractivity contribution in [1.82, 2.24) is 10.3 Å². The number of nitrogens with zero attached hydrogens (tertiary/aromatic N) is 1. The summed E-state index contributed by atoms with van der Waals surface area (Å²) in [5.41, 5.74) is 2.52. The van der Waals surface area contributed by atoms with Crippen molar-refractivity contribution in [3.05, 3.63) is 100 Å². The zero-order valence-electron chi connectivity index (χ0n) is 18.3. The molecule has 0 saturated carbocycles. The Bertz CT molecular complexity index is 1350. The van der Waals surface area contributed by atoms with E-state index in [2.05, 4.69) is 15.6 Å². The molecule has 9 nitrogen and oxygen atoms in total. The number of ether oxygens (including phenoxy) is 1. The largest absolute Gasteiger partial charge is 0.413 e. The number of benzene rings is 3. The number of aryl methyl sites for hydroxylation is 1. The first kappa shape index (κ1) is 22.5. The lowest BCUT2D eigenvalue weighted by Gasteiger charge is -2.19. The fourth-order valence-corrected chi connectivity index (χ4v) is 3.58. The van der Waals surface area contributed by atoms with Crippen LogP contribution in [0, 0.1) is 17.0 Å². The normalized spacial score (nSPS) is 11.6. The number of aromatic amines is 1. The number of carbonyl (C=O) groups excluding carboxylic acids is 2. The van der Waals surface area contributed by atoms with E-state index in [-0.39, 0.29) is 12.1 Å². The van der Waals surface area contributed by atoms with Gasteiger partial charge >= 0.3 is 6.09 Å². The highest BCUT2D eigenvalue weighted by atomic mass is 16.6. The van der Waals surface area contributed by atoms with Gasteiger partial charge in [0.2, 0.25) is 5.91 Å². The number of nitrogens with one attached hydrogen (secondary N) is 3. The van der Waals surface area contributed by atoms with Crippen molar-refractivity contribution in [1.29, 1.82) is 0 Å². The van der Waals surface area contributed by atoms with E-state index in [1.807, 2.05) is 24.3 Å². The molecule has 0 unspecified atom stereocenters. The molecule has 3 aromatic carbocycles. The van der Waals surface area contributed by atoms with Gasteiger partial charge in [-0.25, -0.2) is 4.79 Å². The molecule has 3 N–H and O–H groups in total. The molecule has 1 aromatic heterocycles. The van der Waals surface area contributed by atoms with E-state index in [0.29, 0.717) is 17.0 Å². The van der Waals surface area contributed by atoms with Crippen LogP contribution in [0.15, 0.2) is 79.0 Å². The molecule has 4 aromatic rings. The molecule has 0 saturated heterocycles. The number of aromatic nitrogens is 1. The standard InChI is InChI=1S/C25H22N4O5/c1-16-11-12-18(29(32)33)14-22(16)27-24(30)23(28-25(31)34-19-7-3-2-4-8-19)13-17-15-26-21-10-6-5-9-20(17)21/h2-12,14-15,23,26H,13H2,1H3,(H,27,30)(H,28,31)/t23-/m1/s1. The second-order valence-corrected chi connectivity index (χ2v) is 7.71. The van der Waals surface area contributed by atoms with Crippen LogP contribution in [-0.2, 0) is 11.2 Å². The number of nitro benzene ring substituents is 1. The van der Waals surface area contributed by atoms with Crippen LogP contribution in [0.1, 0.15) is 11.1 Å². The predicted octanol–water partition coefficient (Wildman–Crippen LogP) is 4.72. The first-order valence-corrected chi connectivity index (χ1v) is 10.5. The Balaban J connectivity index is 1.58. The zero-order valence-corrected chi connectivity index (χ0v) is 18.3. The van der Waals surface area contributed by atoms with Crippen LogP contribution < -0.4 is 15.4 Å². The smallest absolute Gasteiger partial charge is 0.410 e. The summed E-state index contributed by atoms with van der Waals surface area (Å²) in [4.78, 5) is 39.6. The molecular weight excluding hydrogens is 436 g/mol. The Morgan fingerprint density at radius 2 is 1.79 bits per heavy atom. The summed E-state index contributed by atoms with van der Waals surface area (Å²) in [6.45, 7) is 1.73. The van der Waals surface area contributed by atoms with Gasteiger partial charge < -0.3 is 20.4 Å². The number of amides is 2. The quantitative estimate of drug-likeness (QED) is 0.273. The predicted molar refractivity (Wildman–Crippen MR) is 128 cm³/mol. The van der Waals surface area contributed by atoms with Crippen molar-refractivity contribution in [2.45, 2.75) is 19.4 Å². The minimum atomic E-state index is -1.01. The van der Waals surface area contributed by atoms with E-state index in [1.165, 1.54) is 12.1 Å². The number of H-pyrrole nitrogens is 1. The van der Waals surface area contributed by atoms with Crippen LogP contribution in [0.5, 0.6) is 5.75 Å².